The fourth-order valence-electron chi connectivity index (χ4n) is 2.30. The van der Waals surface area contributed by atoms with Crippen molar-refractivity contribution in [2.24, 2.45) is 5.92 Å². The van der Waals surface area contributed by atoms with Crippen LogP contribution in [0.1, 0.15) is 29.6 Å². The largest absolute Gasteiger partial charge is 0.349 e. The van der Waals surface area contributed by atoms with Crippen molar-refractivity contribution in [3.05, 3.63) is 33.4 Å². The summed E-state index contributed by atoms with van der Waals surface area (Å²) in [5.74, 6) is 1.09. The van der Waals surface area contributed by atoms with Crippen LogP contribution in [0.15, 0.2) is 24.3 Å². The molecule has 1 aromatic carbocycles. The van der Waals surface area contributed by atoms with Gasteiger partial charge in [-0.05, 0) is 53.5 Å². The Bertz CT molecular complexity index is 410. The Morgan fingerprint density at radius 1 is 1.41 bits per heavy atom. The molecule has 0 heterocycles. The van der Waals surface area contributed by atoms with Crippen LogP contribution in [0.25, 0.3) is 0 Å². The minimum Gasteiger partial charge on any atom is -0.349 e. The molecule has 1 fully saturated rings. The molecule has 2 rings (SSSR count). The van der Waals surface area contributed by atoms with E-state index in [1.807, 2.05) is 24.3 Å². The van der Waals surface area contributed by atoms with E-state index in [9.17, 15) is 4.79 Å². The van der Waals surface area contributed by atoms with Crippen molar-refractivity contribution in [1.29, 1.82) is 0 Å². The zero-order chi connectivity index (χ0) is 12.3. The first-order chi connectivity index (χ1) is 8.22. The van der Waals surface area contributed by atoms with E-state index in [4.69, 9.17) is 11.6 Å². The number of hydrogen-bond acceptors (Lipinski definition) is 1. The number of nitrogens with one attached hydrogen (secondary N) is 1. The first kappa shape index (κ1) is 13.1. The lowest BCUT2D eigenvalue weighted by atomic mass is 10.1. The number of alkyl halides is 1. The smallest absolute Gasteiger partial charge is 0.252 e. The number of carbonyl (C=O) groups is 1. The zero-order valence-corrected chi connectivity index (χ0v) is 12.4. The highest BCUT2D eigenvalue weighted by Gasteiger charge is 2.28. The van der Waals surface area contributed by atoms with Gasteiger partial charge in [-0.25, -0.2) is 0 Å². The molecule has 0 aromatic heterocycles. The molecule has 2 nitrogen and oxygen atoms in total. The van der Waals surface area contributed by atoms with E-state index in [1.54, 1.807) is 0 Å². The van der Waals surface area contributed by atoms with E-state index in [0.29, 0.717) is 11.8 Å². The molecule has 1 aliphatic rings. The molecule has 0 saturated heterocycles. The van der Waals surface area contributed by atoms with E-state index >= 15 is 0 Å². The molecule has 0 aliphatic heterocycles. The number of benzene rings is 1. The van der Waals surface area contributed by atoms with Crippen LogP contribution in [0.5, 0.6) is 0 Å². The van der Waals surface area contributed by atoms with Gasteiger partial charge in [0.25, 0.3) is 5.91 Å². The number of hydrogen-bond donors (Lipinski definition) is 1. The summed E-state index contributed by atoms with van der Waals surface area (Å²) in [5, 5.41) is 3.11. The Morgan fingerprint density at radius 3 is 2.88 bits per heavy atom. The standard InChI is InChI=1S/C13H15ClINO/c14-8-9-4-3-7-12(9)16-13(17)10-5-1-2-6-11(10)15/h1-2,5-6,9,12H,3-4,7-8H2,(H,16,17). The van der Waals surface area contributed by atoms with Gasteiger partial charge >= 0.3 is 0 Å². The summed E-state index contributed by atoms with van der Waals surface area (Å²) in [7, 11) is 0. The molecule has 1 saturated carbocycles. The Balaban J connectivity index is 2.04. The van der Waals surface area contributed by atoms with Crippen molar-refractivity contribution in [3.63, 3.8) is 0 Å². The van der Waals surface area contributed by atoms with Gasteiger partial charge in [0.15, 0.2) is 0 Å². The second kappa shape index (κ2) is 6.05. The van der Waals surface area contributed by atoms with Crippen LogP contribution in [0, 0.1) is 9.49 Å². The molecule has 1 aromatic rings. The van der Waals surface area contributed by atoms with Gasteiger partial charge in [-0.15, -0.1) is 11.6 Å². The molecular weight excluding hydrogens is 349 g/mol. The van der Waals surface area contributed by atoms with Gasteiger partial charge in [0.2, 0.25) is 0 Å². The fraction of sp³-hybridized carbons (Fsp3) is 0.462. The van der Waals surface area contributed by atoms with Gasteiger partial charge in [-0.1, -0.05) is 18.6 Å². The normalized spacial score (nSPS) is 23.6. The summed E-state index contributed by atoms with van der Waals surface area (Å²) in [4.78, 5) is 12.1. The lowest BCUT2D eigenvalue weighted by molar-refractivity contribution is 0.0929. The molecule has 1 amide bonds. The Kier molecular flexibility index (Phi) is 4.68. The van der Waals surface area contributed by atoms with E-state index in [-0.39, 0.29) is 11.9 Å². The summed E-state index contributed by atoms with van der Waals surface area (Å²) in [6, 6.07) is 7.89. The third kappa shape index (κ3) is 3.13. The molecule has 92 valence electrons. The average molecular weight is 364 g/mol. The molecule has 0 spiro atoms. The van der Waals surface area contributed by atoms with E-state index in [1.165, 1.54) is 0 Å². The number of carbonyl (C=O) groups excluding carboxylic acids is 1. The van der Waals surface area contributed by atoms with Crippen molar-refractivity contribution in [3.8, 4) is 0 Å². The molecule has 0 bridgehead atoms. The van der Waals surface area contributed by atoms with Crippen LogP contribution in [-0.4, -0.2) is 17.8 Å². The topological polar surface area (TPSA) is 29.1 Å². The summed E-state index contributed by atoms with van der Waals surface area (Å²) in [5.41, 5.74) is 0.758. The highest BCUT2D eigenvalue weighted by Crippen LogP contribution is 2.27. The van der Waals surface area contributed by atoms with Gasteiger partial charge in [-0.3, -0.25) is 4.79 Å². The van der Waals surface area contributed by atoms with Crippen molar-refractivity contribution >= 4 is 40.1 Å². The molecular formula is C13H15ClINO. The number of amides is 1. The van der Waals surface area contributed by atoms with Crippen LogP contribution < -0.4 is 5.32 Å². The lowest BCUT2D eigenvalue weighted by Crippen LogP contribution is -2.38. The molecule has 0 radical (unpaired) electrons. The monoisotopic (exact) mass is 363 g/mol. The lowest BCUT2D eigenvalue weighted by Gasteiger charge is -2.19. The van der Waals surface area contributed by atoms with Gasteiger partial charge in [-0.2, -0.15) is 0 Å². The fourth-order valence-corrected chi connectivity index (χ4v) is 3.30. The van der Waals surface area contributed by atoms with Crippen LogP contribution in [-0.2, 0) is 0 Å². The van der Waals surface area contributed by atoms with E-state index < -0.39 is 0 Å². The molecule has 17 heavy (non-hydrogen) atoms. The third-order valence-corrected chi connectivity index (χ3v) is 4.63. The summed E-state index contributed by atoms with van der Waals surface area (Å²) in [6.45, 7) is 0. The minimum absolute atomic E-state index is 0.0250. The molecule has 1 aliphatic carbocycles. The summed E-state index contributed by atoms with van der Waals surface area (Å²) in [6.07, 6.45) is 3.33. The van der Waals surface area contributed by atoms with Crippen LogP contribution in [0.4, 0.5) is 0 Å². The number of rotatable bonds is 3. The predicted octanol–water partition coefficient (Wildman–Crippen LogP) is 3.43. The highest BCUT2D eigenvalue weighted by molar-refractivity contribution is 14.1. The Labute approximate surface area is 120 Å². The van der Waals surface area contributed by atoms with Crippen LogP contribution in [0.3, 0.4) is 0 Å². The summed E-state index contributed by atoms with van der Waals surface area (Å²) < 4.78 is 0.989. The first-order valence-corrected chi connectivity index (χ1v) is 7.45. The predicted molar refractivity (Wildman–Crippen MR) is 78.5 cm³/mol. The molecule has 2 unspecified atom stereocenters. The maximum Gasteiger partial charge on any atom is 0.252 e. The SMILES string of the molecule is O=C(NC1CCCC1CCl)c1ccccc1I. The second-order valence-electron chi connectivity index (χ2n) is 4.41. The van der Waals surface area contributed by atoms with Crippen LogP contribution in [0.2, 0.25) is 0 Å². The summed E-state index contributed by atoms with van der Waals surface area (Å²) >= 11 is 8.10. The van der Waals surface area contributed by atoms with Crippen molar-refractivity contribution in [2.45, 2.75) is 25.3 Å². The van der Waals surface area contributed by atoms with Crippen molar-refractivity contribution < 1.29 is 4.79 Å². The van der Waals surface area contributed by atoms with Gasteiger partial charge in [0, 0.05) is 15.5 Å². The van der Waals surface area contributed by atoms with Gasteiger partial charge in [0.05, 0.1) is 5.56 Å². The average Bonchev–Trinajstić information content (AvgIpc) is 2.76. The molecule has 1 N–H and O–H groups in total. The van der Waals surface area contributed by atoms with Crippen LogP contribution >= 0.6 is 34.2 Å². The van der Waals surface area contributed by atoms with Crippen molar-refractivity contribution in [2.75, 3.05) is 5.88 Å². The highest BCUT2D eigenvalue weighted by atomic mass is 127. The zero-order valence-electron chi connectivity index (χ0n) is 9.46. The Morgan fingerprint density at radius 2 is 2.18 bits per heavy atom. The van der Waals surface area contributed by atoms with E-state index in [2.05, 4.69) is 27.9 Å². The Hall–Kier alpha value is -0.290. The molecule has 2 atom stereocenters. The maximum atomic E-state index is 12.1. The first-order valence-electron chi connectivity index (χ1n) is 5.83. The minimum atomic E-state index is 0.0250. The maximum absolute atomic E-state index is 12.1. The molecule has 4 heteroatoms. The quantitative estimate of drug-likeness (QED) is 0.647. The third-order valence-electron chi connectivity index (χ3n) is 3.29. The van der Waals surface area contributed by atoms with Gasteiger partial charge in [0.1, 0.15) is 0 Å². The van der Waals surface area contributed by atoms with Crippen molar-refractivity contribution in [1.82, 2.24) is 5.32 Å². The number of halogens is 2. The second-order valence-corrected chi connectivity index (χ2v) is 5.88. The van der Waals surface area contributed by atoms with E-state index in [0.717, 1.165) is 28.4 Å². The van der Waals surface area contributed by atoms with Gasteiger partial charge < -0.3 is 5.32 Å².